The fourth-order valence-electron chi connectivity index (χ4n) is 4.24. The monoisotopic (exact) mass is 558 g/mol. The van der Waals surface area contributed by atoms with Crippen LogP contribution in [0.25, 0.3) is 23.0 Å². The molecule has 5 aromatic rings. The molecule has 8 heteroatoms. The first-order chi connectivity index (χ1) is 20.5. The number of carbonyl (C=O) groups excluding carboxylic acids is 1. The van der Waals surface area contributed by atoms with Crippen LogP contribution in [0.15, 0.2) is 115 Å². The maximum atomic E-state index is 14.1. The van der Waals surface area contributed by atoms with Gasteiger partial charge in [-0.05, 0) is 67.6 Å². The van der Waals surface area contributed by atoms with Crippen LogP contribution >= 0.6 is 0 Å². The summed E-state index contributed by atoms with van der Waals surface area (Å²) in [4.78, 5) is 13.1. The van der Waals surface area contributed by atoms with Crippen molar-refractivity contribution in [2.24, 2.45) is 0 Å². The number of halogens is 1. The maximum absolute atomic E-state index is 14.1. The molecule has 1 amide bonds. The van der Waals surface area contributed by atoms with Gasteiger partial charge in [0.05, 0.1) is 12.3 Å². The Kier molecular flexibility index (Phi) is 8.70. The van der Waals surface area contributed by atoms with E-state index >= 15 is 0 Å². The first-order valence-corrected chi connectivity index (χ1v) is 13.3. The normalized spacial score (nSPS) is 11.0. The fourth-order valence-corrected chi connectivity index (χ4v) is 4.24. The Morgan fingerprint density at radius 3 is 2.45 bits per heavy atom. The van der Waals surface area contributed by atoms with Crippen molar-refractivity contribution in [1.29, 1.82) is 5.26 Å². The highest BCUT2D eigenvalue weighted by Gasteiger charge is 2.16. The van der Waals surface area contributed by atoms with E-state index in [0.29, 0.717) is 46.2 Å². The fraction of sp³-hybridized carbons (Fsp3) is 0.0882. The summed E-state index contributed by atoms with van der Waals surface area (Å²) in [6.07, 6.45) is 3.28. The molecule has 0 bridgehead atoms. The van der Waals surface area contributed by atoms with Gasteiger partial charge < -0.3 is 14.8 Å². The molecule has 0 saturated carbocycles. The lowest BCUT2D eigenvalue weighted by Crippen LogP contribution is -2.13. The lowest BCUT2D eigenvalue weighted by Gasteiger charge is -2.09. The molecular formula is C34H27FN4O3. The number of nitrogens with one attached hydrogen (secondary N) is 1. The van der Waals surface area contributed by atoms with Crippen molar-refractivity contribution in [1.82, 2.24) is 9.78 Å². The molecule has 0 aliphatic carbocycles. The first kappa shape index (κ1) is 27.9. The number of amides is 1. The SMILES string of the molecule is CCOc1ccc(NC(=O)C(C#N)=Cc2cn(-c3ccccc3)nc2-c2cccc(OCc3ccccc3F)c2)cc1. The highest BCUT2D eigenvalue weighted by Crippen LogP contribution is 2.29. The van der Waals surface area contributed by atoms with Gasteiger partial charge in [-0.15, -0.1) is 0 Å². The Labute approximate surface area is 243 Å². The lowest BCUT2D eigenvalue weighted by atomic mass is 10.1. The minimum Gasteiger partial charge on any atom is -0.494 e. The number of nitrogens with zero attached hydrogens (tertiary/aromatic N) is 3. The minimum atomic E-state index is -0.554. The van der Waals surface area contributed by atoms with Gasteiger partial charge in [-0.3, -0.25) is 4.79 Å². The van der Waals surface area contributed by atoms with Gasteiger partial charge in [-0.2, -0.15) is 10.4 Å². The number of rotatable bonds is 10. The average Bonchev–Trinajstić information content (AvgIpc) is 3.45. The van der Waals surface area contributed by atoms with Crippen LogP contribution in [0.1, 0.15) is 18.1 Å². The maximum Gasteiger partial charge on any atom is 0.266 e. The van der Waals surface area contributed by atoms with Crippen LogP contribution in [0, 0.1) is 17.1 Å². The van der Waals surface area contributed by atoms with Crippen LogP contribution < -0.4 is 14.8 Å². The van der Waals surface area contributed by atoms with E-state index in [1.807, 2.05) is 55.5 Å². The summed E-state index contributed by atoms with van der Waals surface area (Å²) in [5.74, 6) is 0.315. The molecule has 0 spiro atoms. The van der Waals surface area contributed by atoms with Gasteiger partial charge in [0.1, 0.15) is 41.3 Å². The zero-order valence-electron chi connectivity index (χ0n) is 22.8. The Bertz CT molecular complexity index is 1760. The third-order valence-electron chi connectivity index (χ3n) is 6.31. The van der Waals surface area contributed by atoms with Gasteiger partial charge in [0.25, 0.3) is 5.91 Å². The molecule has 0 unspecified atom stereocenters. The molecule has 0 radical (unpaired) electrons. The van der Waals surface area contributed by atoms with Gasteiger partial charge in [0, 0.05) is 28.6 Å². The van der Waals surface area contributed by atoms with Crippen molar-refractivity contribution in [3.63, 3.8) is 0 Å². The molecule has 0 atom stereocenters. The molecule has 7 nitrogen and oxygen atoms in total. The highest BCUT2D eigenvalue weighted by atomic mass is 19.1. The summed E-state index contributed by atoms with van der Waals surface area (Å²) >= 11 is 0. The Morgan fingerprint density at radius 1 is 0.952 bits per heavy atom. The molecule has 208 valence electrons. The molecule has 5 rings (SSSR count). The molecular weight excluding hydrogens is 531 g/mol. The second-order valence-corrected chi connectivity index (χ2v) is 9.20. The van der Waals surface area contributed by atoms with Crippen LogP contribution in [0.5, 0.6) is 11.5 Å². The Morgan fingerprint density at radius 2 is 1.71 bits per heavy atom. The Hall–Kier alpha value is -5.68. The number of nitriles is 1. The molecule has 0 aliphatic heterocycles. The van der Waals surface area contributed by atoms with E-state index in [0.717, 1.165) is 5.69 Å². The summed E-state index contributed by atoms with van der Waals surface area (Å²) in [6.45, 7) is 2.49. The molecule has 0 fully saturated rings. The second kappa shape index (κ2) is 13.1. The van der Waals surface area contributed by atoms with Crippen molar-refractivity contribution < 1.29 is 18.7 Å². The number of carbonyl (C=O) groups is 1. The number of hydrogen-bond acceptors (Lipinski definition) is 5. The quantitative estimate of drug-likeness (QED) is 0.145. The number of benzene rings is 4. The summed E-state index contributed by atoms with van der Waals surface area (Å²) in [7, 11) is 0. The van der Waals surface area contributed by atoms with Gasteiger partial charge in [-0.1, -0.05) is 48.5 Å². The van der Waals surface area contributed by atoms with E-state index in [1.54, 1.807) is 65.5 Å². The smallest absolute Gasteiger partial charge is 0.266 e. The van der Waals surface area contributed by atoms with Crippen molar-refractivity contribution in [2.75, 3.05) is 11.9 Å². The van der Waals surface area contributed by atoms with Crippen molar-refractivity contribution in [3.05, 3.63) is 132 Å². The molecule has 1 aromatic heterocycles. The zero-order valence-corrected chi connectivity index (χ0v) is 22.8. The second-order valence-electron chi connectivity index (χ2n) is 9.20. The van der Waals surface area contributed by atoms with Crippen molar-refractivity contribution >= 4 is 17.7 Å². The standard InChI is InChI=1S/C34H27FN4O3/c1-2-41-30-17-15-28(16-18-30)37-34(40)26(21-36)19-27-22-39(29-11-4-3-5-12-29)38-33(27)24-10-8-13-31(20-24)42-23-25-9-6-7-14-32(25)35/h3-20,22H,2,23H2,1H3,(H,37,40). The predicted molar refractivity (Wildman–Crippen MR) is 160 cm³/mol. The Balaban J connectivity index is 1.46. The van der Waals surface area contributed by atoms with Crippen LogP contribution in [-0.4, -0.2) is 22.3 Å². The third kappa shape index (κ3) is 6.72. The largest absolute Gasteiger partial charge is 0.494 e. The van der Waals surface area contributed by atoms with Crippen LogP contribution in [0.4, 0.5) is 10.1 Å². The van der Waals surface area contributed by atoms with Crippen LogP contribution in [-0.2, 0) is 11.4 Å². The van der Waals surface area contributed by atoms with E-state index in [4.69, 9.17) is 14.6 Å². The summed E-state index contributed by atoms with van der Waals surface area (Å²) in [5.41, 5.74) is 3.49. The number of hydrogen-bond donors (Lipinski definition) is 1. The van der Waals surface area contributed by atoms with E-state index in [-0.39, 0.29) is 18.0 Å². The van der Waals surface area contributed by atoms with E-state index in [2.05, 4.69) is 5.32 Å². The highest BCUT2D eigenvalue weighted by molar-refractivity contribution is 6.10. The van der Waals surface area contributed by atoms with Crippen LogP contribution in [0.3, 0.4) is 0 Å². The van der Waals surface area contributed by atoms with E-state index in [1.165, 1.54) is 12.1 Å². The molecule has 42 heavy (non-hydrogen) atoms. The summed E-state index contributed by atoms with van der Waals surface area (Å²) in [6, 6.07) is 32.1. The molecule has 0 saturated heterocycles. The number of anilines is 1. The number of para-hydroxylation sites is 1. The summed E-state index contributed by atoms with van der Waals surface area (Å²) < 4.78 is 27.1. The van der Waals surface area contributed by atoms with Crippen molar-refractivity contribution in [3.8, 4) is 34.5 Å². The minimum absolute atomic E-state index is 0.0612. The van der Waals surface area contributed by atoms with Gasteiger partial charge >= 0.3 is 0 Å². The van der Waals surface area contributed by atoms with Crippen molar-refractivity contribution in [2.45, 2.75) is 13.5 Å². The van der Waals surface area contributed by atoms with Gasteiger partial charge in [-0.25, -0.2) is 9.07 Å². The molecule has 1 N–H and O–H groups in total. The van der Waals surface area contributed by atoms with Crippen LogP contribution in [0.2, 0.25) is 0 Å². The lowest BCUT2D eigenvalue weighted by molar-refractivity contribution is -0.112. The third-order valence-corrected chi connectivity index (χ3v) is 6.31. The first-order valence-electron chi connectivity index (χ1n) is 13.3. The predicted octanol–water partition coefficient (Wildman–Crippen LogP) is 7.20. The average molecular weight is 559 g/mol. The number of ether oxygens (including phenoxy) is 2. The summed E-state index contributed by atoms with van der Waals surface area (Å²) in [5, 5.41) is 17.4. The van der Waals surface area contributed by atoms with E-state index < -0.39 is 5.91 Å². The number of aromatic nitrogens is 2. The molecule has 4 aromatic carbocycles. The van der Waals surface area contributed by atoms with Gasteiger partial charge in [0.15, 0.2) is 0 Å². The van der Waals surface area contributed by atoms with Gasteiger partial charge in [0.2, 0.25) is 0 Å². The van der Waals surface area contributed by atoms with E-state index in [9.17, 15) is 14.4 Å². The topological polar surface area (TPSA) is 89.2 Å². The zero-order chi connectivity index (χ0) is 29.3. The molecule has 0 aliphatic rings. The molecule has 1 heterocycles.